The Balaban J connectivity index is 0.00000121. The Morgan fingerprint density at radius 2 is 1.22 bits per heavy atom. The van der Waals surface area contributed by atoms with E-state index in [2.05, 4.69) is 84.0 Å². The van der Waals surface area contributed by atoms with Gasteiger partial charge in [0.2, 0.25) is 0 Å². The average molecular weight is 476 g/mol. The van der Waals surface area contributed by atoms with Crippen LogP contribution in [-0.4, -0.2) is 0 Å². The standard InChI is InChI=1S/C24H25.2ClH.Zr/c1-14-7-9-20(16(3)11-14)24(21-10-8-15(2)12-17(21)4)22-13-18(5)23(24)19(22)6;;;/h7-12,18H,1-6H3;2*1H;/q-1;;;+3/p-2. The van der Waals surface area contributed by atoms with Gasteiger partial charge in [-0.25, -0.2) is 5.57 Å². The summed E-state index contributed by atoms with van der Waals surface area (Å²) in [4.78, 5) is 0. The second-order valence-corrected chi connectivity index (χ2v) is 7.67. The molecular weight excluding hydrogens is 450 g/mol. The maximum Gasteiger partial charge on any atom is 3.00 e. The second kappa shape index (κ2) is 8.40. The Kier molecular flexibility index (Phi) is 7.60. The first-order valence-electron chi connectivity index (χ1n) is 8.88. The maximum atomic E-state index is 3.75. The van der Waals surface area contributed by atoms with E-state index in [-0.39, 0.29) is 56.4 Å². The fourth-order valence-corrected chi connectivity index (χ4v) is 5.10. The molecule has 0 saturated carbocycles. The maximum absolute atomic E-state index is 3.75. The van der Waals surface area contributed by atoms with Gasteiger partial charge < -0.3 is 24.8 Å². The van der Waals surface area contributed by atoms with Crippen LogP contribution in [-0.2, 0) is 31.6 Å². The van der Waals surface area contributed by atoms with Gasteiger partial charge in [-0.2, -0.15) is 5.57 Å². The van der Waals surface area contributed by atoms with Crippen molar-refractivity contribution in [1.82, 2.24) is 0 Å². The Morgan fingerprint density at radius 3 is 1.52 bits per heavy atom. The molecule has 3 aliphatic rings. The zero-order chi connectivity index (χ0) is 17.2. The van der Waals surface area contributed by atoms with Crippen molar-refractivity contribution in [2.24, 2.45) is 5.92 Å². The van der Waals surface area contributed by atoms with Crippen LogP contribution in [0.4, 0.5) is 0 Å². The molecule has 3 heteroatoms. The van der Waals surface area contributed by atoms with Crippen LogP contribution >= 0.6 is 0 Å². The van der Waals surface area contributed by atoms with E-state index in [1.165, 1.54) is 44.5 Å². The number of benzene rings is 2. The third-order valence-corrected chi connectivity index (χ3v) is 5.92. The summed E-state index contributed by atoms with van der Waals surface area (Å²) in [5.74, 6) is 0.418. The molecule has 1 radical (unpaired) electrons. The van der Waals surface area contributed by atoms with Crippen molar-refractivity contribution in [3.8, 4) is 0 Å². The van der Waals surface area contributed by atoms with Crippen LogP contribution in [0.5, 0.6) is 0 Å². The molecule has 0 aromatic heterocycles. The van der Waals surface area contributed by atoms with Crippen molar-refractivity contribution >= 4 is 0 Å². The van der Waals surface area contributed by atoms with E-state index in [0.29, 0.717) is 5.92 Å². The summed E-state index contributed by atoms with van der Waals surface area (Å²) in [6.07, 6.45) is 3.75. The molecule has 0 fully saturated rings. The topological polar surface area (TPSA) is 0 Å². The van der Waals surface area contributed by atoms with Crippen LogP contribution in [0.3, 0.4) is 0 Å². The summed E-state index contributed by atoms with van der Waals surface area (Å²) >= 11 is 0. The largest absolute Gasteiger partial charge is 3.00 e. The number of halogens is 2. The molecule has 2 aromatic carbocycles. The number of aryl methyl sites for hydroxylation is 4. The zero-order valence-electron chi connectivity index (χ0n) is 16.8. The molecule has 2 bridgehead atoms. The quantitative estimate of drug-likeness (QED) is 0.534. The van der Waals surface area contributed by atoms with Crippen LogP contribution in [0.2, 0.25) is 0 Å². The number of rotatable bonds is 2. The van der Waals surface area contributed by atoms with Crippen LogP contribution in [0.1, 0.15) is 47.2 Å². The van der Waals surface area contributed by atoms with Gasteiger partial charge in [-0.15, -0.1) is 12.5 Å². The van der Waals surface area contributed by atoms with Crippen LogP contribution in [0.25, 0.3) is 0 Å². The summed E-state index contributed by atoms with van der Waals surface area (Å²) in [7, 11) is 0. The Morgan fingerprint density at radius 1 is 0.778 bits per heavy atom. The molecule has 1 atom stereocenters. The van der Waals surface area contributed by atoms with Crippen LogP contribution < -0.4 is 24.8 Å². The minimum atomic E-state index is -0.0704. The van der Waals surface area contributed by atoms with Crippen molar-refractivity contribution in [1.29, 1.82) is 0 Å². The molecule has 2 aromatic rings. The van der Waals surface area contributed by atoms with Gasteiger partial charge in [-0.3, -0.25) is 6.08 Å². The molecule has 139 valence electrons. The normalized spacial score (nSPS) is 18.6. The fraction of sp³-hybridized carbons (Fsp3) is 0.333. The smallest absolute Gasteiger partial charge is 1.00 e. The van der Waals surface area contributed by atoms with Crippen molar-refractivity contribution in [3.05, 3.63) is 92.6 Å². The van der Waals surface area contributed by atoms with E-state index >= 15 is 0 Å². The van der Waals surface area contributed by atoms with E-state index in [1.807, 2.05) is 0 Å². The average Bonchev–Trinajstić information content (AvgIpc) is 2.98. The number of hydrogen-bond acceptors (Lipinski definition) is 0. The SMILES string of the molecule is CC1=C2C(C)[C-]=C1C2(c1ccc(C)cc1C)c1ccc(C)cc1C.[Cl-].[Cl-].[Zr+3]. The third-order valence-electron chi connectivity index (χ3n) is 5.92. The molecule has 3 aliphatic carbocycles. The summed E-state index contributed by atoms with van der Waals surface area (Å²) in [5, 5.41) is 0. The summed E-state index contributed by atoms with van der Waals surface area (Å²) in [5.41, 5.74) is 12.6. The molecule has 0 aliphatic heterocycles. The molecule has 1 unspecified atom stereocenters. The number of fused-ring (bicyclic) bond motifs is 1. The molecule has 0 spiro atoms. The Bertz CT molecular complexity index is 886. The van der Waals surface area contributed by atoms with E-state index in [9.17, 15) is 0 Å². The van der Waals surface area contributed by atoms with Gasteiger partial charge in [-0.1, -0.05) is 60.4 Å². The first kappa shape index (κ1) is 24.4. The van der Waals surface area contributed by atoms with Crippen molar-refractivity contribution in [2.45, 2.75) is 47.0 Å². The van der Waals surface area contributed by atoms with Crippen molar-refractivity contribution in [3.63, 3.8) is 0 Å². The minimum absolute atomic E-state index is 0. The van der Waals surface area contributed by atoms with E-state index in [1.54, 1.807) is 5.57 Å². The van der Waals surface area contributed by atoms with Crippen LogP contribution in [0.15, 0.2) is 53.1 Å². The molecular formula is C24H25Cl2Zr. The molecule has 0 saturated heterocycles. The molecule has 0 N–H and O–H groups in total. The van der Waals surface area contributed by atoms with E-state index < -0.39 is 0 Å². The molecule has 27 heavy (non-hydrogen) atoms. The molecule has 0 amide bonds. The molecule has 0 nitrogen and oxygen atoms in total. The minimum Gasteiger partial charge on any atom is -1.00 e. The zero-order valence-corrected chi connectivity index (χ0v) is 20.8. The first-order chi connectivity index (χ1) is 11.4. The van der Waals surface area contributed by atoms with Gasteiger partial charge in [0.1, 0.15) is 0 Å². The van der Waals surface area contributed by atoms with Crippen molar-refractivity contribution < 1.29 is 51.0 Å². The predicted octanol–water partition coefficient (Wildman–Crippen LogP) is -0.0787. The monoisotopic (exact) mass is 473 g/mol. The Hall–Kier alpha value is -0.617. The number of allylic oxidation sites excluding steroid dienone is 4. The van der Waals surface area contributed by atoms with Gasteiger partial charge in [0.15, 0.2) is 0 Å². The van der Waals surface area contributed by atoms with Gasteiger partial charge in [0, 0.05) is 5.41 Å². The summed E-state index contributed by atoms with van der Waals surface area (Å²) < 4.78 is 0. The fourth-order valence-electron chi connectivity index (χ4n) is 5.10. The van der Waals surface area contributed by atoms with Crippen LogP contribution in [0, 0.1) is 39.7 Å². The first-order valence-corrected chi connectivity index (χ1v) is 8.88. The van der Waals surface area contributed by atoms with Gasteiger partial charge in [0.25, 0.3) is 0 Å². The van der Waals surface area contributed by atoms with E-state index in [4.69, 9.17) is 0 Å². The predicted molar refractivity (Wildman–Crippen MR) is 101 cm³/mol. The summed E-state index contributed by atoms with van der Waals surface area (Å²) in [6, 6.07) is 13.8. The molecule has 5 rings (SSSR count). The van der Waals surface area contributed by atoms with Gasteiger partial charge >= 0.3 is 26.2 Å². The number of hydrogen-bond donors (Lipinski definition) is 0. The third kappa shape index (κ3) is 3.25. The van der Waals surface area contributed by atoms with Gasteiger partial charge in [-0.05, 0) is 49.9 Å². The molecule has 0 heterocycles. The summed E-state index contributed by atoms with van der Waals surface area (Å²) in [6.45, 7) is 13.4. The van der Waals surface area contributed by atoms with E-state index in [0.717, 1.165) is 0 Å². The Labute approximate surface area is 195 Å². The van der Waals surface area contributed by atoms with Crippen molar-refractivity contribution in [2.75, 3.05) is 0 Å². The van der Waals surface area contributed by atoms with Gasteiger partial charge in [0.05, 0.1) is 0 Å². The second-order valence-electron chi connectivity index (χ2n) is 7.67.